The van der Waals surface area contributed by atoms with Crippen LogP contribution >= 0.6 is 11.8 Å². The number of hydrogen-bond acceptors (Lipinski definition) is 7. The predicted octanol–water partition coefficient (Wildman–Crippen LogP) is 4.18. The van der Waals surface area contributed by atoms with Crippen LogP contribution in [0.3, 0.4) is 0 Å². The van der Waals surface area contributed by atoms with Gasteiger partial charge in [0, 0.05) is 11.6 Å². The fraction of sp³-hybridized carbons (Fsp3) is 0.571. The summed E-state index contributed by atoms with van der Waals surface area (Å²) in [4.78, 5) is 12.6. The van der Waals surface area contributed by atoms with E-state index in [0.29, 0.717) is 34.4 Å². The number of hydrogen-bond donors (Lipinski definition) is 1. The van der Waals surface area contributed by atoms with Crippen molar-refractivity contribution in [2.45, 2.75) is 56.5 Å². The highest BCUT2D eigenvalue weighted by molar-refractivity contribution is 8.00. The van der Waals surface area contributed by atoms with Gasteiger partial charge >= 0.3 is 0 Å². The number of aromatic nitrogens is 2. The SMILES string of the molecule is COc1ccc(-c2nnc(S[C@H](C)C(=O)N[C@H]3CCC[C@H](C)[C@H]3C)o2)cc1OC. The van der Waals surface area contributed by atoms with Gasteiger partial charge in [0.2, 0.25) is 11.8 Å². The molecule has 8 heteroatoms. The zero-order valence-electron chi connectivity index (χ0n) is 17.6. The second-order valence-corrected chi connectivity index (χ2v) is 8.88. The Kier molecular flexibility index (Phi) is 7.05. The molecule has 29 heavy (non-hydrogen) atoms. The van der Waals surface area contributed by atoms with E-state index in [1.807, 2.05) is 13.0 Å². The van der Waals surface area contributed by atoms with E-state index in [0.717, 1.165) is 18.4 Å². The predicted molar refractivity (Wildman–Crippen MR) is 112 cm³/mol. The molecule has 2 aromatic rings. The molecule has 0 aliphatic heterocycles. The number of benzene rings is 1. The lowest BCUT2D eigenvalue weighted by atomic mass is 9.78. The molecular formula is C21H29N3O4S. The van der Waals surface area contributed by atoms with Gasteiger partial charge in [-0.05, 0) is 43.4 Å². The molecule has 1 aromatic carbocycles. The third-order valence-corrected chi connectivity index (χ3v) is 6.65. The van der Waals surface area contributed by atoms with Gasteiger partial charge in [0.25, 0.3) is 5.22 Å². The summed E-state index contributed by atoms with van der Waals surface area (Å²) in [5.74, 6) is 2.72. The van der Waals surface area contributed by atoms with Crippen LogP contribution < -0.4 is 14.8 Å². The fourth-order valence-electron chi connectivity index (χ4n) is 3.63. The van der Waals surface area contributed by atoms with Gasteiger partial charge < -0.3 is 19.2 Å². The van der Waals surface area contributed by atoms with Crippen LogP contribution in [0.25, 0.3) is 11.5 Å². The maximum atomic E-state index is 12.6. The van der Waals surface area contributed by atoms with Gasteiger partial charge in [-0.2, -0.15) is 0 Å². The van der Waals surface area contributed by atoms with E-state index in [4.69, 9.17) is 13.9 Å². The average Bonchev–Trinajstić information content (AvgIpc) is 3.19. The van der Waals surface area contributed by atoms with Crippen molar-refractivity contribution < 1.29 is 18.7 Å². The van der Waals surface area contributed by atoms with Crippen LogP contribution in [0.5, 0.6) is 11.5 Å². The summed E-state index contributed by atoms with van der Waals surface area (Å²) >= 11 is 1.27. The van der Waals surface area contributed by atoms with Crippen molar-refractivity contribution in [1.82, 2.24) is 15.5 Å². The number of amides is 1. The molecule has 1 aliphatic rings. The van der Waals surface area contributed by atoms with Crippen LogP contribution in [-0.4, -0.2) is 41.6 Å². The first kappa shape index (κ1) is 21.5. The number of nitrogens with one attached hydrogen (secondary N) is 1. The molecule has 1 heterocycles. The molecule has 0 spiro atoms. The molecule has 1 aliphatic carbocycles. The Morgan fingerprint density at radius 3 is 2.69 bits per heavy atom. The van der Waals surface area contributed by atoms with E-state index in [1.54, 1.807) is 26.4 Å². The molecule has 3 rings (SSSR count). The van der Waals surface area contributed by atoms with Crippen molar-refractivity contribution >= 4 is 17.7 Å². The first-order valence-corrected chi connectivity index (χ1v) is 10.8. The maximum absolute atomic E-state index is 12.6. The molecule has 1 N–H and O–H groups in total. The van der Waals surface area contributed by atoms with E-state index >= 15 is 0 Å². The minimum absolute atomic E-state index is 0.00631. The summed E-state index contributed by atoms with van der Waals surface area (Å²) in [5.41, 5.74) is 0.726. The van der Waals surface area contributed by atoms with Gasteiger partial charge in [0.05, 0.1) is 19.5 Å². The largest absolute Gasteiger partial charge is 0.493 e. The normalized spacial score (nSPS) is 22.7. The van der Waals surface area contributed by atoms with Gasteiger partial charge in [-0.1, -0.05) is 38.5 Å². The zero-order chi connectivity index (χ0) is 21.0. The van der Waals surface area contributed by atoms with Crippen LogP contribution in [0.1, 0.15) is 40.0 Å². The van der Waals surface area contributed by atoms with Crippen molar-refractivity contribution in [3.8, 4) is 23.0 Å². The molecule has 4 atom stereocenters. The van der Waals surface area contributed by atoms with Crippen molar-refractivity contribution in [1.29, 1.82) is 0 Å². The Balaban J connectivity index is 1.63. The molecule has 1 fully saturated rings. The molecule has 0 radical (unpaired) electrons. The van der Waals surface area contributed by atoms with E-state index in [1.165, 1.54) is 18.2 Å². The van der Waals surface area contributed by atoms with E-state index in [9.17, 15) is 4.79 Å². The van der Waals surface area contributed by atoms with E-state index in [2.05, 4.69) is 29.4 Å². The number of thioether (sulfide) groups is 1. The summed E-state index contributed by atoms with van der Waals surface area (Å²) in [6.45, 7) is 6.34. The lowest BCUT2D eigenvalue weighted by Crippen LogP contribution is -2.46. The summed E-state index contributed by atoms with van der Waals surface area (Å²) in [7, 11) is 3.16. The summed E-state index contributed by atoms with van der Waals surface area (Å²) < 4.78 is 16.3. The van der Waals surface area contributed by atoms with Crippen molar-refractivity contribution in [3.63, 3.8) is 0 Å². The average molecular weight is 420 g/mol. The van der Waals surface area contributed by atoms with Gasteiger partial charge in [-0.3, -0.25) is 4.79 Å². The minimum atomic E-state index is -0.321. The van der Waals surface area contributed by atoms with Crippen LogP contribution in [-0.2, 0) is 4.79 Å². The second kappa shape index (κ2) is 9.52. The van der Waals surface area contributed by atoms with Gasteiger partial charge in [0.15, 0.2) is 11.5 Å². The molecule has 158 valence electrons. The highest BCUT2D eigenvalue weighted by Crippen LogP contribution is 2.34. The van der Waals surface area contributed by atoms with Gasteiger partial charge in [-0.15, -0.1) is 10.2 Å². The number of nitrogens with zero attached hydrogens (tertiary/aromatic N) is 2. The Morgan fingerprint density at radius 1 is 1.21 bits per heavy atom. The topological polar surface area (TPSA) is 86.5 Å². The Labute approximate surface area is 175 Å². The summed E-state index contributed by atoms with van der Waals surface area (Å²) in [6.07, 6.45) is 3.44. The van der Waals surface area contributed by atoms with E-state index in [-0.39, 0.29) is 17.2 Å². The quantitative estimate of drug-likeness (QED) is 0.674. The second-order valence-electron chi connectivity index (χ2n) is 7.59. The summed E-state index contributed by atoms with van der Waals surface area (Å²) in [6, 6.07) is 5.63. The van der Waals surface area contributed by atoms with Crippen molar-refractivity contribution in [2.24, 2.45) is 11.8 Å². The molecule has 1 amide bonds. The molecule has 0 unspecified atom stereocenters. The number of methoxy groups -OCH3 is 2. The van der Waals surface area contributed by atoms with Gasteiger partial charge in [0.1, 0.15) is 0 Å². The third kappa shape index (κ3) is 5.04. The first-order chi connectivity index (χ1) is 13.9. The Morgan fingerprint density at radius 2 is 1.97 bits per heavy atom. The molecule has 7 nitrogen and oxygen atoms in total. The Bertz CT molecular complexity index is 841. The first-order valence-electron chi connectivity index (χ1n) is 9.95. The number of rotatable bonds is 7. The minimum Gasteiger partial charge on any atom is -0.493 e. The monoisotopic (exact) mass is 419 g/mol. The van der Waals surface area contributed by atoms with Crippen LogP contribution in [0.4, 0.5) is 0 Å². The van der Waals surface area contributed by atoms with Crippen LogP contribution in [0.2, 0.25) is 0 Å². The highest BCUT2D eigenvalue weighted by atomic mass is 32.2. The summed E-state index contributed by atoms with van der Waals surface area (Å²) in [5, 5.41) is 11.4. The molecule has 1 aromatic heterocycles. The van der Waals surface area contributed by atoms with Crippen molar-refractivity contribution in [2.75, 3.05) is 14.2 Å². The zero-order valence-corrected chi connectivity index (χ0v) is 18.4. The molecule has 0 bridgehead atoms. The fourth-order valence-corrected chi connectivity index (χ4v) is 4.33. The van der Waals surface area contributed by atoms with Crippen LogP contribution in [0, 0.1) is 11.8 Å². The number of ether oxygens (including phenoxy) is 2. The number of carbonyl (C=O) groups excluding carboxylic acids is 1. The highest BCUT2D eigenvalue weighted by Gasteiger charge is 2.30. The smallest absolute Gasteiger partial charge is 0.277 e. The molecule has 0 saturated heterocycles. The van der Waals surface area contributed by atoms with Crippen LogP contribution in [0.15, 0.2) is 27.8 Å². The lowest BCUT2D eigenvalue weighted by molar-refractivity contribution is -0.121. The maximum Gasteiger partial charge on any atom is 0.277 e. The molecular weight excluding hydrogens is 390 g/mol. The van der Waals surface area contributed by atoms with E-state index < -0.39 is 0 Å². The third-order valence-electron chi connectivity index (χ3n) is 5.72. The van der Waals surface area contributed by atoms with Gasteiger partial charge in [-0.25, -0.2) is 0 Å². The van der Waals surface area contributed by atoms with Crippen molar-refractivity contribution in [3.05, 3.63) is 18.2 Å². The standard InChI is InChI=1S/C21H29N3O4S/c1-12-7-6-8-16(13(12)2)22-19(25)14(3)29-21-24-23-20(28-21)15-9-10-17(26-4)18(11-15)27-5/h9-14,16H,6-8H2,1-5H3,(H,22,25)/t12-,13+,14+,16-/m0/s1. The Hall–Kier alpha value is -2.22. The molecule has 1 saturated carbocycles. The lowest BCUT2D eigenvalue weighted by Gasteiger charge is -2.35. The number of carbonyl (C=O) groups is 1.